The fourth-order valence-electron chi connectivity index (χ4n) is 2.64. The third-order valence-electron chi connectivity index (χ3n) is 3.94. The quantitative estimate of drug-likeness (QED) is 0.445. The van der Waals surface area contributed by atoms with E-state index in [2.05, 4.69) is 32.4 Å². The van der Waals surface area contributed by atoms with Gasteiger partial charge in [-0.1, -0.05) is 53.4 Å². The molecular formula is C18H42NO+. The molecule has 0 aliphatic carbocycles. The first-order valence-electron chi connectivity index (χ1n) is 8.91. The summed E-state index contributed by atoms with van der Waals surface area (Å²) >= 11 is 0. The molecule has 2 heteroatoms. The zero-order valence-corrected chi connectivity index (χ0v) is 15.3. The van der Waals surface area contributed by atoms with Crippen LogP contribution in [0.5, 0.6) is 0 Å². The van der Waals surface area contributed by atoms with Crippen molar-refractivity contribution in [3.63, 3.8) is 0 Å². The molecule has 20 heavy (non-hydrogen) atoms. The van der Waals surface area contributed by atoms with Crippen molar-refractivity contribution in [2.75, 3.05) is 40.4 Å². The fourth-order valence-corrected chi connectivity index (χ4v) is 2.64. The van der Waals surface area contributed by atoms with Gasteiger partial charge in [-0.2, -0.15) is 0 Å². The Morgan fingerprint density at radius 2 is 0.750 bits per heavy atom. The van der Waals surface area contributed by atoms with Crippen LogP contribution < -0.4 is 0 Å². The molecule has 0 atom stereocenters. The molecule has 0 aromatic carbocycles. The van der Waals surface area contributed by atoms with Crippen LogP contribution in [0.15, 0.2) is 0 Å². The molecule has 0 amide bonds. The Morgan fingerprint density at radius 3 is 0.900 bits per heavy atom. The van der Waals surface area contributed by atoms with Crippen LogP contribution in [-0.2, 0) is 4.74 Å². The minimum Gasteiger partial charge on any atom is -0.388 e. The van der Waals surface area contributed by atoms with Gasteiger partial charge in [-0.15, -0.1) is 0 Å². The van der Waals surface area contributed by atoms with Gasteiger partial charge < -0.3 is 9.22 Å². The first-order valence-corrected chi connectivity index (χ1v) is 8.91. The smallest absolute Gasteiger partial charge is 0.0786 e. The zero-order valence-electron chi connectivity index (χ0n) is 15.3. The van der Waals surface area contributed by atoms with Crippen molar-refractivity contribution in [2.45, 2.75) is 79.1 Å². The van der Waals surface area contributed by atoms with E-state index in [1.54, 1.807) is 14.2 Å². The molecule has 0 aromatic heterocycles. The number of rotatable bonds is 12. The van der Waals surface area contributed by atoms with E-state index in [0.29, 0.717) is 0 Å². The van der Waals surface area contributed by atoms with Crippen molar-refractivity contribution in [1.82, 2.24) is 0 Å². The average Bonchev–Trinajstić information content (AvgIpc) is 2.46. The van der Waals surface area contributed by atoms with E-state index in [1.165, 1.54) is 82.0 Å². The van der Waals surface area contributed by atoms with E-state index < -0.39 is 0 Å². The molecule has 0 heterocycles. The first kappa shape index (κ1) is 22.2. The van der Waals surface area contributed by atoms with Gasteiger partial charge in [-0.25, -0.2) is 0 Å². The number of unbranched alkanes of at least 4 members (excludes halogenated alkanes) is 4. The maximum Gasteiger partial charge on any atom is 0.0786 e. The average molecular weight is 289 g/mol. The van der Waals surface area contributed by atoms with E-state index in [9.17, 15) is 0 Å². The summed E-state index contributed by atoms with van der Waals surface area (Å²) in [5, 5.41) is 0. The molecule has 0 N–H and O–H groups in total. The third-order valence-corrected chi connectivity index (χ3v) is 3.94. The third kappa shape index (κ3) is 12.9. The molecule has 0 bridgehead atoms. The van der Waals surface area contributed by atoms with E-state index in [4.69, 9.17) is 0 Å². The fraction of sp³-hybridized carbons (Fsp3) is 1.00. The van der Waals surface area contributed by atoms with Gasteiger partial charge in [-0.05, 0) is 25.7 Å². The first-order chi connectivity index (χ1) is 9.66. The molecule has 0 aliphatic heterocycles. The molecule has 124 valence electrons. The molecule has 0 spiro atoms. The molecule has 0 radical (unpaired) electrons. The number of methoxy groups -OCH3 is 1. The highest BCUT2D eigenvalue weighted by molar-refractivity contribution is 4.49. The van der Waals surface area contributed by atoms with Crippen LogP contribution in [-0.4, -0.2) is 44.9 Å². The van der Waals surface area contributed by atoms with Gasteiger partial charge in [0.1, 0.15) is 0 Å². The molecule has 0 aromatic rings. The summed E-state index contributed by atoms with van der Waals surface area (Å²) in [6.45, 7) is 15.0. The van der Waals surface area contributed by atoms with Gasteiger partial charge in [0, 0.05) is 14.2 Å². The largest absolute Gasteiger partial charge is 0.388 e. The van der Waals surface area contributed by atoms with Crippen LogP contribution in [0.3, 0.4) is 0 Å². The second-order valence-electron chi connectivity index (χ2n) is 6.06. The van der Waals surface area contributed by atoms with Gasteiger partial charge in [0.15, 0.2) is 0 Å². The van der Waals surface area contributed by atoms with Crippen LogP contribution in [0.25, 0.3) is 0 Å². The highest BCUT2D eigenvalue weighted by Gasteiger charge is 2.24. The van der Waals surface area contributed by atoms with Crippen molar-refractivity contribution in [3.05, 3.63) is 0 Å². The van der Waals surface area contributed by atoms with Gasteiger partial charge in [0.25, 0.3) is 0 Å². The number of nitrogens with zero attached hydrogens (tertiary/aromatic N) is 1. The second-order valence-corrected chi connectivity index (χ2v) is 6.06. The Morgan fingerprint density at radius 1 is 0.550 bits per heavy atom. The molecule has 0 rings (SSSR count). The molecule has 0 aliphatic rings. The standard InChI is InChI=1S/C16H36N.C2H6O/c1-5-9-13-17(14-10-6-2,15-11-7-3)16-12-8-4;1-3-2/h5-16H2,1-4H3;1-2H3/q+1;. The van der Waals surface area contributed by atoms with Gasteiger partial charge in [0.05, 0.1) is 26.2 Å². The highest BCUT2D eigenvalue weighted by Crippen LogP contribution is 2.16. The van der Waals surface area contributed by atoms with Crippen LogP contribution >= 0.6 is 0 Å². The Labute approximate surface area is 129 Å². The van der Waals surface area contributed by atoms with Crippen LogP contribution in [0, 0.1) is 0 Å². The van der Waals surface area contributed by atoms with E-state index >= 15 is 0 Å². The van der Waals surface area contributed by atoms with E-state index in [-0.39, 0.29) is 0 Å². The lowest BCUT2D eigenvalue weighted by atomic mass is 10.1. The zero-order chi connectivity index (χ0) is 15.7. The molecular weight excluding hydrogens is 246 g/mol. The lowest BCUT2D eigenvalue weighted by molar-refractivity contribution is -0.929. The van der Waals surface area contributed by atoms with E-state index in [1.807, 2.05) is 0 Å². The lowest BCUT2D eigenvalue weighted by Crippen LogP contribution is -2.50. The minimum atomic E-state index is 1.35. The SMILES string of the molecule is CCCC[N+](CCCC)(CCCC)CCCC.COC. The number of hydrogen-bond acceptors (Lipinski definition) is 1. The summed E-state index contributed by atoms with van der Waals surface area (Å²) in [4.78, 5) is 0. The molecule has 0 saturated heterocycles. The summed E-state index contributed by atoms with van der Waals surface area (Å²) in [7, 11) is 3.25. The van der Waals surface area contributed by atoms with Crippen molar-refractivity contribution < 1.29 is 9.22 Å². The Kier molecular flexibility index (Phi) is 18.8. The Bertz CT molecular complexity index is 133. The summed E-state index contributed by atoms with van der Waals surface area (Å²) in [5.74, 6) is 0. The topological polar surface area (TPSA) is 9.23 Å². The maximum atomic E-state index is 4.25. The number of quaternary nitrogens is 1. The molecule has 0 unspecified atom stereocenters. The lowest BCUT2D eigenvalue weighted by Gasteiger charge is -2.39. The highest BCUT2D eigenvalue weighted by atomic mass is 16.4. The summed E-state index contributed by atoms with van der Waals surface area (Å²) in [6, 6.07) is 0. The summed E-state index contributed by atoms with van der Waals surface area (Å²) in [5.41, 5.74) is 0. The number of ether oxygens (including phenoxy) is 1. The maximum absolute atomic E-state index is 4.25. The van der Waals surface area contributed by atoms with Crippen molar-refractivity contribution in [1.29, 1.82) is 0 Å². The van der Waals surface area contributed by atoms with Crippen LogP contribution in [0.1, 0.15) is 79.1 Å². The van der Waals surface area contributed by atoms with Crippen LogP contribution in [0.4, 0.5) is 0 Å². The Balaban J connectivity index is 0. The molecule has 0 fully saturated rings. The van der Waals surface area contributed by atoms with Crippen LogP contribution in [0.2, 0.25) is 0 Å². The Hall–Kier alpha value is -0.0800. The normalized spacial score (nSPS) is 11.1. The number of hydrogen-bond donors (Lipinski definition) is 0. The van der Waals surface area contributed by atoms with Gasteiger partial charge in [-0.3, -0.25) is 0 Å². The predicted octanol–water partition coefficient (Wildman–Crippen LogP) is 5.27. The van der Waals surface area contributed by atoms with E-state index in [0.717, 1.165) is 0 Å². The summed E-state index contributed by atoms with van der Waals surface area (Å²) in [6.07, 6.45) is 11.1. The van der Waals surface area contributed by atoms with Gasteiger partial charge >= 0.3 is 0 Å². The van der Waals surface area contributed by atoms with Gasteiger partial charge in [0.2, 0.25) is 0 Å². The molecule has 0 saturated carbocycles. The minimum absolute atomic E-state index is 1.35. The van der Waals surface area contributed by atoms with Crippen molar-refractivity contribution in [3.8, 4) is 0 Å². The predicted molar refractivity (Wildman–Crippen MR) is 92.3 cm³/mol. The monoisotopic (exact) mass is 288 g/mol. The molecule has 2 nitrogen and oxygen atoms in total. The van der Waals surface area contributed by atoms with Crippen molar-refractivity contribution >= 4 is 0 Å². The van der Waals surface area contributed by atoms with Crippen molar-refractivity contribution in [2.24, 2.45) is 0 Å². The summed E-state index contributed by atoms with van der Waals surface area (Å²) < 4.78 is 5.67. The second kappa shape index (κ2) is 17.0.